The second-order valence-corrected chi connectivity index (χ2v) is 6.58. The highest BCUT2D eigenvalue weighted by Gasteiger charge is 2.23. The first-order chi connectivity index (χ1) is 14.2. The number of anilines is 1. The molecule has 0 bridgehead atoms. The van der Waals surface area contributed by atoms with Crippen molar-refractivity contribution < 1.29 is 14.3 Å². The van der Waals surface area contributed by atoms with Gasteiger partial charge in [0.25, 0.3) is 11.8 Å². The summed E-state index contributed by atoms with van der Waals surface area (Å²) in [7, 11) is 0. The fourth-order valence-corrected chi connectivity index (χ4v) is 3.12. The van der Waals surface area contributed by atoms with Gasteiger partial charge in [0, 0.05) is 36.2 Å². The molecule has 148 valence electrons. The van der Waals surface area contributed by atoms with Gasteiger partial charge in [-0.05, 0) is 37.1 Å². The third kappa shape index (κ3) is 4.46. The van der Waals surface area contributed by atoms with Gasteiger partial charge in [-0.15, -0.1) is 0 Å². The third-order valence-corrected chi connectivity index (χ3v) is 4.56. The molecular formula is C20H20N6O3. The summed E-state index contributed by atoms with van der Waals surface area (Å²) in [5.74, 6) is 0.155. The van der Waals surface area contributed by atoms with E-state index >= 15 is 0 Å². The summed E-state index contributed by atoms with van der Waals surface area (Å²) in [6, 6.07) is 10.5. The molecule has 2 aromatic heterocycles. The van der Waals surface area contributed by atoms with Crippen molar-refractivity contribution in [3.05, 3.63) is 66.4 Å². The molecule has 9 heteroatoms. The Hall–Kier alpha value is -3.59. The van der Waals surface area contributed by atoms with Gasteiger partial charge in [-0.3, -0.25) is 9.59 Å². The lowest BCUT2D eigenvalue weighted by atomic mass is 10.1. The van der Waals surface area contributed by atoms with Gasteiger partial charge in [0.1, 0.15) is 18.8 Å². The molecule has 1 saturated heterocycles. The van der Waals surface area contributed by atoms with Gasteiger partial charge in [-0.1, -0.05) is 12.1 Å². The van der Waals surface area contributed by atoms with E-state index in [4.69, 9.17) is 4.74 Å². The van der Waals surface area contributed by atoms with E-state index in [9.17, 15) is 9.59 Å². The number of pyridine rings is 1. The lowest BCUT2D eigenvalue weighted by molar-refractivity contribution is -0.124. The third-order valence-electron chi connectivity index (χ3n) is 4.56. The minimum atomic E-state index is -0.423. The number of carbonyl (C=O) groups is 2. The van der Waals surface area contributed by atoms with Gasteiger partial charge >= 0.3 is 0 Å². The summed E-state index contributed by atoms with van der Waals surface area (Å²) in [6.07, 6.45) is 5.80. The Morgan fingerprint density at radius 2 is 2.17 bits per heavy atom. The Bertz CT molecular complexity index is 999. The number of rotatable bonds is 6. The second-order valence-electron chi connectivity index (χ2n) is 6.58. The van der Waals surface area contributed by atoms with E-state index < -0.39 is 6.10 Å². The monoisotopic (exact) mass is 392 g/mol. The molecule has 29 heavy (non-hydrogen) atoms. The van der Waals surface area contributed by atoms with Crippen LogP contribution in [0.5, 0.6) is 0 Å². The number of amides is 2. The summed E-state index contributed by atoms with van der Waals surface area (Å²) in [5, 5.41) is 9.77. The highest BCUT2D eigenvalue weighted by Crippen LogP contribution is 2.16. The first kappa shape index (κ1) is 18.8. The van der Waals surface area contributed by atoms with Crippen molar-refractivity contribution in [2.75, 3.05) is 11.9 Å². The van der Waals surface area contributed by atoms with Crippen molar-refractivity contribution in [1.82, 2.24) is 25.1 Å². The van der Waals surface area contributed by atoms with Crippen LogP contribution >= 0.6 is 0 Å². The molecule has 0 aliphatic carbocycles. The van der Waals surface area contributed by atoms with Crippen molar-refractivity contribution in [3.63, 3.8) is 0 Å². The van der Waals surface area contributed by atoms with Gasteiger partial charge < -0.3 is 15.4 Å². The molecular weight excluding hydrogens is 372 g/mol. The maximum absolute atomic E-state index is 12.6. The molecule has 1 aliphatic heterocycles. The van der Waals surface area contributed by atoms with Crippen LogP contribution in [0.15, 0.2) is 55.2 Å². The first-order valence-electron chi connectivity index (χ1n) is 9.30. The number of aromatic nitrogens is 4. The number of hydrogen-bond donors (Lipinski definition) is 2. The zero-order valence-electron chi connectivity index (χ0n) is 15.6. The number of benzene rings is 1. The maximum atomic E-state index is 12.6. The number of hydrogen-bond acceptors (Lipinski definition) is 6. The first-order valence-corrected chi connectivity index (χ1v) is 9.30. The fourth-order valence-electron chi connectivity index (χ4n) is 3.12. The van der Waals surface area contributed by atoms with Crippen LogP contribution in [0.1, 0.15) is 28.8 Å². The topological polar surface area (TPSA) is 111 Å². The summed E-state index contributed by atoms with van der Waals surface area (Å²) >= 11 is 0. The highest BCUT2D eigenvalue weighted by atomic mass is 16.5. The van der Waals surface area contributed by atoms with Crippen LogP contribution in [0.4, 0.5) is 5.69 Å². The minimum Gasteiger partial charge on any atom is -0.368 e. The minimum absolute atomic E-state index is 0.187. The molecule has 1 atom stereocenters. The Morgan fingerprint density at radius 3 is 2.97 bits per heavy atom. The van der Waals surface area contributed by atoms with E-state index in [0.717, 1.165) is 12.0 Å². The predicted molar refractivity (Wildman–Crippen MR) is 104 cm³/mol. The SMILES string of the molecule is O=C(NCc1cccnc1-n1cncn1)c1cccc(NC(=O)[C@@H]2CCCO2)c1. The number of nitrogens with one attached hydrogen (secondary N) is 2. The largest absolute Gasteiger partial charge is 0.368 e. The molecule has 3 heterocycles. The zero-order chi connectivity index (χ0) is 20.1. The van der Waals surface area contributed by atoms with E-state index in [2.05, 4.69) is 25.7 Å². The van der Waals surface area contributed by atoms with Gasteiger partial charge in [0.2, 0.25) is 0 Å². The lowest BCUT2D eigenvalue weighted by Crippen LogP contribution is -2.27. The standard InChI is InChI=1S/C20H20N6O3/c27-19(23-11-15-5-2-8-22-18(15)26-13-21-12-24-26)14-4-1-6-16(10-14)25-20(28)17-7-3-9-29-17/h1-2,4-6,8,10,12-13,17H,3,7,9,11H2,(H,23,27)(H,25,28)/t17-/m0/s1. The summed E-state index contributed by atoms with van der Waals surface area (Å²) < 4.78 is 6.93. The van der Waals surface area contributed by atoms with Crippen LogP contribution in [0.25, 0.3) is 5.82 Å². The Labute approximate surface area is 167 Å². The van der Waals surface area contributed by atoms with Gasteiger partial charge in [0.05, 0.1) is 0 Å². The highest BCUT2D eigenvalue weighted by molar-refractivity contribution is 5.98. The molecule has 0 saturated carbocycles. The zero-order valence-corrected chi connectivity index (χ0v) is 15.6. The van der Waals surface area contributed by atoms with Crippen molar-refractivity contribution in [2.24, 2.45) is 0 Å². The summed E-state index contributed by atoms with van der Waals surface area (Å²) in [6.45, 7) is 0.875. The van der Waals surface area contributed by atoms with Gasteiger partial charge in [-0.25, -0.2) is 14.6 Å². The average Bonchev–Trinajstić information content (AvgIpc) is 3.47. The van der Waals surface area contributed by atoms with Gasteiger partial charge in [-0.2, -0.15) is 5.10 Å². The molecule has 0 spiro atoms. The van der Waals surface area contributed by atoms with Crippen LogP contribution in [0, 0.1) is 0 Å². The van der Waals surface area contributed by atoms with E-state index in [-0.39, 0.29) is 18.4 Å². The fraction of sp³-hybridized carbons (Fsp3) is 0.250. The molecule has 0 radical (unpaired) electrons. The molecule has 9 nitrogen and oxygen atoms in total. The van der Waals surface area contributed by atoms with E-state index in [0.29, 0.717) is 30.1 Å². The molecule has 4 rings (SSSR count). The Kier molecular flexibility index (Phi) is 5.57. The molecule has 1 aliphatic rings. The number of carbonyl (C=O) groups excluding carboxylic acids is 2. The maximum Gasteiger partial charge on any atom is 0.253 e. The van der Waals surface area contributed by atoms with Crippen LogP contribution < -0.4 is 10.6 Å². The Morgan fingerprint density at radius 1 is 1.24 bits per heavy atom. The summed E-state index contributed by atoms with van der Waals surface area (Å²) in [5.41, 5.74) is 1.80. The Balaban J connectivity index is 1.41. The second kappa shape index (κ2) is 8.61. The van der Waals surface area contributed by atoms with Crippen molar-refractivity contribution >= 4 is 17.5 Å². The molecule has 2 amide bonds. The van der Waals surface area contributed by atoms with E-state index in [1.807, 2.05) is 6.07 Å². The van der Waals surface area contributed by atoms with E-state index in [1.165, 1.54) is 6.33 Å². The molecule has 1 aromatic carbocycles. The van der Waals surface area contributed by atoms with Gasteiger partial charge in [0.15, 0.2) is 5.82 Å². The van der Waals surface area contributed by atoms with Crippen molar-refractivity contribution in [1.29, 1.82) is 0 Å². The average molecular weight is 392 g/mol. The quantitative estimate of drug-likeness (QED) is 0.661. The normalized spacial score (nSPS) is 15.8. The molecule has 3 aromatic rings. The van der Waals surface area contributed by atoms with Crippen LogP contribution in [0.3, 0.4) is 0 Å². The van der Waals surface area contributed by atoms with Crippen molar-refractivity contribution in [3.8, 4) is 5.82 Å². The van der Waals surface area contributed by atoms with Crippen LogP contribution in [0.2, 0.25) is 0 Å². The molecule has 0 unspecified atom stereocenters. The smallest absolute Gasteiger partial charge is 0.253 e. The number of nitrogens with zero attached hydrogens (tertiary/aromatic N) is 4. The predicted octanol–water partition coefficient (Wildman–Crippen LogP) is 1.71. The van der Waals surface area contributed by atoms with Crippen LogP contribution in [-0.2, 0) is 16.1 Å². The summed E-state index contributed by atoms with van der Waals surface area (Å²) in [4.78, 5) is 33.0. The van der Waals surface area contributed by atoms with E-state index in [1.54, 1.807) is 47.5 Å². The number of ether oxygens (including phenoxy) is 1. The molecule has 1 fully saturated rings. The lowest BCUT2D eigenvalue weighted by Gasteiger charge is -2.12. The molecule has 2 N–H and O–H groups in total. The van der Waals surface area contributed by atoms with Crippen LogP contribution in [-0.4, -0.2) is 44.3 Å². The van der Waals surface area contributed by atoms with Crippen molar-refractivity contribution in [2.45, 2.75) is 25.5 Å².